The van der Waals surface area contributed by atoms with Gasteiger partial charge in [0.25, 0.3) is 0 Å². The Labute approximate surface area is 159 Å². The molecule has 4 rings (SSSR count). The predicted octanol–water partition coefficient (Wildman–Crippen LogP) is 4.85. The number of rotatable bonds is 4. The molecule has 0 radical (unpaired) electrons. The lowest BCUT2D eigenvalue weighted by Crippen LogP contribution is -2.39. The van der Waals surface area contributed by atoms with E-state index >= 15 is 0 Å². The fraction of sp³-hybridized carbons (Fsp3) is 0.318. The molecule has 0 aliphatic carbocycles. The molecule has 4 heteroatoms. The molecular formula is C22H23ClN2O. The van der Waals surface area contributed by atoms with E-state index in [0.29, 0.717) is 17.4 Å². The molecule has 1 aliphatic heterocycles. The average molecular weight is 367 g/mol. The monoisotopic (exact) mass is 366 g/mol. The third kappa shape index (κ3) is 3.78. The molecule has 2 aromatic carbocycles. The van der Waals surface area contributed by atoms with Crippen molar-refractivity contribution >= 4 is 28.4 Å². The molecule has 3 nitrogen and oxygen atoms in total. The van der Waals surface area contributed by atoms with Gasteiger partial charge in [0.15, 0.2) is 0 Å². The highest BCUT2D eigenvalue weighted by atomic mass is 35.5. The van der Waals surface area contributed by atoms with Crippen LogP contribution in [0.1, 0.15) is 24.0 Å². The van der Waals surface area contributed by atoms with Gasteiger partial charge in [0.05, 0.1) is 6.42 Å². The number of aromatic amines is 1. The first kappa shape index (κ1) is 17.2. The highest BCUT2D eigenvalue weighted by Crippen LogP contribution is 2.25. The maximum Gasteiger partial charge on any atom is 0.227 e. The summed E-state index contributed by atoms with van der Waals surface area (Å²) in [5.74, 6) is 0.886. The van der Waals surface area contributed by atoms with Gasteiger partial charge in [0.2, 0.25) is 5.91 Å². The van der Waals surface area contributed by atoms with E-state index in [1.807, 2.05) is 29.3 Å². The number of hydrogen-bond acceptors (Lipinski definition) is 1. The summed E-state index contributed by atoms with van der Waals surface area (Å²) in [5.41, 5.74) is 3.45. The number of benzene rings is 2. The van der Waals surface area contributed by atoms with Crippen LogP contribution in [0.25, 0.3) is 10.9 Å². The lowest BCUT2D eigenvalue weighted by Gasteiger charge is -2.32. The number of nitrogens with zero attached hydrogens (tertiary/aromatic N) is 1. The summed E-state index contributed by atoms with van der Waals surface area (Å²) in [6.07, 6.45) is 5.65. The van der Waals surface area contributed by atoms with E-state index in [2.05, 4.69) is 35.3 Å². The first-order valence-corrected chi connectivity index (χ1v) is 9.64. The molecule has 1 fully saturated rings. The number of hydrogen-bond donors (Lipinski definition) is 1. The molecule has 0 saturated carbocycles. The van der Waals surface area contributed by atoms with Crippen LogP contribution in [0.2, 0.25) is 5.02 Å². The summed E-state index contributed by atoms with van der Waals surface area (Å²) in [4.78, 5) is 18.0. The zero-order valence-electron chi connectivity index (χ0n) is 14.7. The van der Waals surface area contributed by atoms with Crippen LogP contribution in [0.4, 0.5) is 0 Å². The molecule has 1 amide bonds. The number of amides is 1. The van der Waals surface area contributed by atoms with Crippen LogP contribution in [0.3, 0.4) is 0 Å². The fourth-order valence-electron chi connectivity index (χ4n) is 3.91. The molecular weight excluding hydrogens is 344 g/mol. The van der Waals surface area contributed by atoms with Gasteiger partial charge in [-0.3, -0.25) is 4.79 Å². The molecule has 1 aromatic heterocycles. The summed E-state index contributed by atoms with van der Waals surface area (Å²) in [6, 6.07) is 16.4. The van der Waals surface area contributed by atoms with Gasteiger partial charge in [-0.15, -0.1) is 0 Å². The van der Waals surface area contributed by atoms with Gasteiger partial charge in [0, 0.05) is 35.2 Å². The molecule has 26 heavy (non-hydrogen) atoms. The van der Waals surface area contributed by atoms with Gasteiger partial charge in [-0.05, 0) is 54.5 Å². The van der Waals surface area contributed by atoms with E-state index in [0.717, 1.165) is 48.8 Å². The number of piperidine rings is 1. The number of likely N-dealkylation sites (tertiary alicyclic amines) is 1. The van der Waals surface area contributed by atoms with E-state index in [9.17, 15) is 4.79 Å². The second-order valence-electron chi connectivity index (χ2n) is 7.19. The molecule has 3 aromatic rings. The Morgan fingerprint density at radius 2 is 1.88 bits per heavy atom. The zero-order chi connectivity index (χ0) is 17.9. The number of H-pyrrole nitrogens is 1. The van der Waals surface area contributed by atoms with Crippen molar-refractivity contribution in [3.8, 4) is 0 Å². The first-order valence-electron chi connectivity index (χ1n) is 9.26. The van der Waals surface area contributed by atoms with Crippen molar-refractivity contribution in [1.29, 1.82) is 0 Å². The largest absolute Gasteiger partial charge is 0.361 e. The highest BCUT2D eigenvalue weighted by Gasteiger charge is 2.23. The Kier molecular flexibility index (Phi) is 4.98. The Bertz CT molecular complexity index is 895. The molecule has 134 valence electrons. The Balaban J connectivity index is 1.35. The van der Waals surface area contributed by atoms with Crippen molar-refractivity contribution < 1.29 is 4.79 Å². The molecule has 1 N–H and O–H groups in total. The van der Waals surface area contributed by atoms with Gasteiger partial charge in [-0.1, -0.05) is 41.9 Å². The van der Waals surface area contributed by atoms with Gasteiger partial charge in [-0.2, -0.15) is 0 Å². The maximum absolute atomic E-state index is 12.7. The van der Waals surface area contributed by atoms with Crippen LogP contribution in [0.15, 0.2) is 54.7 Å². The topological polar surface area (TPSA) is 36.1 Å². The molecule has 0 atom stereocenters. The van der Waals surface area contributed by atoms with Gasteiger partial charge in [-0.25, -0.2) is 0 Å². The predicted molar refractivity (Wildman–Crippen MR) is 106 cm³/mol. The SMILES string of the molecule is O=C(Cc1c[nH]c2ccc(Cl)cc12)N1CCC(Cc2ccccc2)CC1. The Hall–Kier alpha value is -2.26. The molecule has 0 spiro atoms. The summed E-state index contributed by atoms with van der Waals surface area (Å²) in [7, 11) is 0. The molecule has 0 unspecified atom stereocenters. The van der Waals surface area contributed by atoms with E-state index in [-0.39, 0.29) is 5.91 Å². The normalized spacial score (nSPS) is 15.5. The number of aromatic nitrogens is 1. The lowest BCUT2D eigenvalue weighted by atomic mass is 9.90. The number of carbonyl (C=O) groups excluding carboxylic acids is 1. The van der Waals surface area contributed by atoms with Crippen LogP contribution >= 0.6 is 11.6 Å². The van der Waals surface area contributed by atoms with Gasteiger partial charge < -0.3 is 9.88 Å². The van der Waals surface area contributed by atoms with Crippen LogP contribution in [0, 0.1) is 5.92 Å². The lowest BCUT2D eigenvalue weighted by molar-refractivity contribution is -0.131. The number of carbonyl (C=O) groups is 1. The highest BCUT2D eigenvalue weighted by molar-refractivity contribution is 6.31. The first-order chi connectivity index (χ1) is 12.7. The summed E-state index contributed by atoms with van der Waals surface area (Å²) < 4.78 is 0. The summed E-state index contributed by atoms with van der Waals surface area (Å²) >= 11 is 6.11. The Morgan fingerprint density at radius 1 is 1.12 bits per heavy atom. The van der Waals surface area contributed by atoms with Crippen LogP contribution in [0.5, 0.6) is 0 Å². The van der Waals surface area contributed by atoms with E-state index < -0.39 is 0 Å². The minimum absolute atomic E-state index is 0.212. The number of nitrogens with one attached hydrogen (secondary N) is 1. The van der Waals surface area contributed by atoms with E-state index in [1.165, 1.54) is 5.56 Å². The van der Waals surface area contributed by atoms with Crippen LogP contribution in [-0.4, -0.2) is 28.9 Å². The van der Waals surface area contributed by atoms with Crippen LogP contribution < -0.4 is 0 Å². The van der Waals surface area contributed by atoms with Crippen molar-refractivity contribution in [3.63, 3.8) is 0 Å². The van der Waals surface area contributed by atoms with Crippen molar-refractivity contribution in [2.75, 3.05) is 13.1 Å². The quantitative estimate of drug-likeness (QED) is 0.704. The molecule has 0 bridgehead atoms. The van der Waals surface area contributed by atoms with Crippen molar-refractivity contribution in [1.82, 2.24) is 9.88 Å². The standard InChI is InChI=1S/C22H23ClN2O/c23-19-6-7-21-20(14-19)18(15-24-21)13-22(26)25-10-8-17(9-11-25)12-16-4-2-1-3-5-16/h1-7,14-15,17,24H,8-13H2. The van der Waals surface area contributed by atoms with E-state index in [1.54, 1.807) is 0 Å². The molecule has 2 heterocycles. The second kappa shape index (κ2) is 7.55. The Morgan fingerprint density at radius 3 is 2.65 bits per heavy atom. The summed E-state index contributed by atoms with van der Waals surface area (Å²) in [6.45, 7) is 1.72. The minimum Gasteiger partial charge on any atom is -0.361 e. The van der Waals surface area contributed by atoms with Gasteiger partial charge >= 0.3 is 0 Å². The minimum atomic E-state index is 0.212. The third-order valence-corrected chi connectivity index (χ3v) is 5.64. The van der Waals surface area contributed by atoms with Crippen molar-refractivity contribution in [2.24, 2.45) is 5.92 Å². The third-order valence-electron chi connectivity index (χ3n) is 5.41. The average Bonchev–Trinajstić information content (AvgIpc) is 3.05. The van der Waals surface area contributed by atoms with E-state index in [4.69, 9.17) is 11.6 Å². The van der Waals surface area contributed by atoms with Gasteiger partial charge in [0.1, 0.15) is 0 Å². The van der Waals surface area contributed by atoms with Crippen LogP contribution in [-0.2, 0) is 17.6 Å². The molecule has 1 aliphatic rings. The number of fused-ring (bicyclic) bond motifs is 1. The zero-order valence-corrected chi connectivity index (χ0v) is 15.5. The maximum atomic E-state index is 12.7. The fourth-order valence-corrected chi connectivity index (χ4v) is 4.08. The molecule has 1 saturated heterocycles. The van der Waals surface area contributed by atoms with Crippen molar-refractivity contribution in [2.45, 2.75) is 25.7 Å². The number of halogens is 1. The van der Waals surface area contributed by atoms with Crippen molar-refractivity contribution in [3.05, 3.63) is 70.9 Å². The summed E-state index contributed by atoms with van der Waals surface area (Å²) in [5, 5.41) is 1.75. The smallest absolute Gasteiger partial charge is 0.227 e. The second-order valence-corrected chi connectivity index (χ2v) is 7.63.